The van der Waals surface area contributed by atoms with E-state index < -0.39 is 0 Å². The normalized spacial score (nSPS) is 25.3. The Balaban J connectivity index is 2.30. The van der Waals surface area contributed by atoms with E-state index in [1.807, 2.05) is 7.11 Å². The maximum absolute atomic E-state index is 5.51. The summed E-state index contributed by atoms with van der Waals surface area (Å²) in [7, 11) is 1.84. The number of hydrogen-bond acceptors (Lipinski definition) is 3. The summed E-state index contributed by atoms with van der Waals surface area (Å²) in [6.45, 7) is 13.8. The van der Waals surface area contributed by atoms with Crippen LogP contribution in [0.1, 0.15) is 40.5 Å². The van der Waals surface area contributed by atoms with Crippen LogP contribution in [-0.4, -0.2) is 50.3 Å². The molecule has 1 saturated heterocycles. The maximum Gasteiger partial charge on any atom is 0.0698 e. The van der Waals surface area contributed by atoms with Gasteiger partial charge in [-0.25, -0.2) is 0 Å². The summed E-state index contributed by atoms with van der Waals surface area (Å²) in [6, 6.07) is 0.641. The highest BCUT2D eigenvalue weighted by molar-refractivity contribution is 4.80. The fourth-order valence-corrected chi connectivity index (χ4v) is 2.66. The van der Waals surface area contributed by atoms with Gasteiger partial charge in [0, 0.05) is 19.7 Å². The molecule has 1 fully saturated rings. The smallest absolute Gasteiger partial charge is 0.0698 e. The number of likely N-dealkylation sites (tertiary alicyclic amines) is 1. The minimum Gasteiger partial charge on any atom is -0.380 e. The average molecular weight is 256 g/mol. The summed E-state index contributed by atoms with van der Waals surface area (Å²) in [5, 5.41) is 3.57. The average Bonchev–Trinajstić information content (AvgIpc) is 2.37. The zero-order valence-electron chi connectivity index (χ0n) is 12.9. The summed E-state index contributed by atoms with van der Waals surface area (Å²) >= 11 is 0. The zero-order chi connectivity index (χ0) is 13.5. The molecule has 3 heteroatoms. The molecule has 1 rings (SSSR count). The number of piperidine rings is 1. The molecule has 0 aromatic heterocycles. The highest BCUT2D eigenvalue weighted by atomic mass is 16.5. The van der Waals surface area contributed by atoms with E-state index in [4.69, 9.17) is 4.74 Å². The second kappa shape index (κ2) is 8.13. The lowest BCUT2D eigenvalue weighted by molar-refractivity contribution is 0.00824. The fourth-order valence-electron chi connectivity index (χ4n) is 2.66. The lowest BCUT2D eigenvalue weighted by atomic mass is 9.98. The molecule has 108 valence electrons. The maximum atomic E-state index is 5.51. The minimum absolute atomic E-state index is 0.442. The van der Waals surface area contributed by atoms with Crippen molar-refractivity contribution >= 4 is 0 Å². The van der Waals surface area contributed by atoms with Gasteiger partial charge < -0.3 is 10.1 Å². The molecule has 0 saturated carbocycles. The standard InChI is InChI=1S/C15H32N2O/c1-12(2)9-16-10-13(3)14(4)17-8-6-7-15(11-17)18-5/h12-16H,6-11H2,1-5H3. The molecular formula is C15H32N2O. The molecule has 3 atom stereocenters. The van der Waals surface area contributed by atoms with Crippen LogP contribution in [0.2, 0.25) is 0 Å². The predicted octanol–water partition coefficient (Wildman–Crippen LogP) is 2.37. The fraction of sp³-hybridized carbons (Fsp3) is 1.00. The highest BCUT2D eigenvalue weighted by Gasteiger charge is 2.26. The van der Waals surface area contributed by atoms with Gasteiger partial charge in [0.2, 0.25) is 0 Å². The second-order valence-electron chi connectivity index (χ2n) is 6.26. The quantitative estimate of drug-likeness (QED) is 0.757. The van der Waals surface area contributed by atoms with Gasteiger partial charge in [0.15, 0.2) is 0 Å². The number of methoxy groups -OCH3 is 1. The van der Waals surface area contributed by atoms with E-state index >= 15 is 0 Å². The van der Waals surface area contributed by atoms with Gasteiger partial charge in [-0.05, 0) is 51.2 Å². The van der Waals surface area contributed by atoms with Crippen molar-refractivity contribution < 1.29 is 4.74 Å². The van der Waals surface area contributed by atoms with Crippen LogP contribution in [0.3, 0.4) is 0 Å². The Kier molecular flexibility index (Phi) is 7.20. The van der Waals surface area contributed by atoms with Crippen molar-refractivity contribution in [2.75, 3.05) is 33.3 Å². The van der Waals surface area contributed by atoms with E-state index in [1.54, 1.807) is 0 Å². The first-order valence-electron chi connectivity index (χ1n) is 7.52. The molecule has 3 unspecified atom stereocenters. The van der Waals surface area contributed by atoms with Crippen molar-refractivity contribution in [1.82, 2.24) is 10.2 Å². The lowest BCUT2D eigenvalue weighted by Gasteiger charge is -2.38. The van der Waals surface area contributed by atoms with Crippen molar-refractivity contribution in [3.63, 3.8) is 0 Å². The molecule has 1 N–H and O–H groups in total. The molecule has 0 amide bonds. The van der Waals surface area contributed by atoms with Crippen LogP contribution in [0.5, 0.6) is 0 Å². The van der Waals surface area contributed by atoms with E-state index in [-0.39, 0.29) is 0 Å². The van der Waals surface area contributed by atoms with Crippen molar-refractivity contribution in [1.29, 1.82) is 0 Å². The SMILES string of the molecule is COC1CCCN(C(C)C(C)CNCC(C)C)C1. The van der Waals surface area contributed by atoms with E-state index in [2.05, 4.69) is 37.9 Å². The molecule has 0 aliphatic carbocycles. The first-order chi connectivity index (χ1) is 8.54. The molecule has 0 spiro atoms. The van der Waals surface area contributed by atoms with Crippen molar-refractivity contribution in [3.8, 4) is 0 Å². The van der Waals surface area contributed by atoms with Crippen LogP contribution in [0.4, 0.5) is 0 Å². The molecule has 0 radical (unpaired) electrons. The Hall–Kier alpha value is -0.120. The number of hydrogen-bond donors (Lipinski definition) is 1. The topological polar surface area (TPSA) is 24.5 Å². The molecule has 0 aromatic carbocycles. The number of rotatable bonds is 7. The highest BCUT2D eigenvalue weighted by Crippen LogP contribution is 2.18. The monoisotopic (exact) mass is 256 g/mol. The van der Waals surface area contributed by atoms with Crippen LogP contribution >= 0.6 is 0 Å². The summed E-state index contributed by atoms with van der Waals surface area (Å²) in [6.07, 6.45) is 2.94. The Morgan fingerprint density at radius 2 is 1.94 bits per heavy atom. The molecule has 18 heavy (non-hydrogen) atoms. The van der Waals surface area contributed by atoms with E-state index in [9.17, 15) is 0 Å². The third-order valence-corrected chi connectivity index (χ3v) is 4.16. The summed E-state index contributed by atoms with van der Waals surface area (Å²) in [4.78, 5) is 2.60. The van der Waals surface area contributed by atoms with Crippen LogP contribution in [0.15, 0.2) is 0 Å². The Bertz CT molecular complexity index is 221. The summed E-state index contributed by atoms with van der Waals surface area (Å²) < 4.78 is 5.51. The third kappa shape index (κ3) is 5.25. The van der Waals surface area contributed by atoms with Gasteiger partial charge in [-0.15, -0.1) is 0 Å². The van der Waals surface area contributed by atoms with Gasteiger partial charge in [-0.1, -0.05) is 20.8 Å². The Morgan fingerprint density at radius 1 is 1.22 bits per heavy atom. The van der Waals surface area contributed by atoms with E-state index in [1.165, 1.54) is 19.4 Å². The van der Waals surface area contributed by atoms with Gasteiger partial charge in [-0.2, -0.15) is 0 Å². The molecule has 0 bridgehead atoms. The van der Waals surface area contributed by atoms with Gasteiger partial charge >= 0.3 is 0 Å². The second-order valence-corrected chi connectivity index (χ2v) is 6.26. The minimum atomic E-state index is 0.442. The van der Waals surface area contributed by atoms with Crippen LogP contribution < -0.4 is 5.32 Å². The molecule has 3 nitrogen and oxygen atoms in total. The molecule has 1 aliphatic rings. The first kappa shape index (κ1) is 15.9. The van der Waals surface area contributed by atoms with E-state index in [0.717, 1.165) is 25.6 Å². The van der Waals surface area contributed by atoms with Gasteiger partial charge in [0.05, 0.1) is 6.10 Å². The summed E-state index contributed by atoms with van der Waals surface area (Å²) in [5.74, 6) is 1.43. The number of ether oxygens (including phenoxy) is 1. The lowest BCUT2D eigenvalue weighted by Crippen LogP contribution is -2.48. The number of nitrogens with zero attached hydrogens (tertiary/aromatic N) is 1. The molecule has 0 aromatic rings. The van der Waals surface area contributed by atoms with Gasteiger partial charge in [0.25, 0.3) is 0 Å². The van der Waals surface area contributed by atoms with Crippen LogP contribution in [0.25, 0.3) is 0 Å². The van der Waals surface area contributed by atoms with Crippen molar-refractivity contribution in [3.05, 3.63) is 0 Å². The van der Waals surface area contributed by atoms with E-state index in [0.29, 0.717) is 18.1 Å². The van der Waals surface area contributed by atoms with Crippen molar-refractivity contribution in [2.45, 2.75) is 52.7 Å². The molecule has 1 heterocycles. The first-order valence-corrected chi connectivity index (χ1v) is 7.52. The van der Waals surface area contributed by atoms with Gasteiger partial charge in [-0.3, -0.25) is 4.90 Å². The zero-order valence-corrected chi connectivity index (χ0v) is 12.9. The largest absolute Gasteiger partial charge is 0.380 e. The molecular weight excluding hydrogens is 224 g/mol. The number of nitrogens with one attached hydrogen (secondary N) is 1. The Labute approximate surface area is 113 Å². The van der Waals surface area contributed by atoms with Crippen molar-refractivity contribution in [2.24, 2.45) is 11.8 Å². The van der Waals surface area contributed by atoms with Gasteiger partial charge in [0.1, 0.15) is 0 Å². The Morgan fingerprint density at radius 3 is 2.56 bits per heavy atom. The van der Waals surface area contributed by atoms with Crippen LogP contribution in [0, 0.1) is 11.8 Å². The predicted molar refractivity (Wildman–Crippen MR) is 77.9 cm³/mol. The summed E-state index contributed by atoms with van der Waals surface area (Å²) in [5.41, 5.74) is 0. The third-order valence-electron chi connectivity index (χ3n) is 4.16. The molecule has 1 aliphatic heterocycles. The van der Waals surface area contributed by atoms with Crippen LogP contribution in [-0.2, 0) is 4.74 Å².